The van der Waals surface area contributed by atoms with Crippen molar-refractivity contribution in [2.45, 2.75) is 96.7 Å². The van der Waals surface area contributed by atoms with Gasteiger partial charge in [-0.15, -0.1) is 0 Å². The zero-order valence-corrected chi connectivity index (χ0v) is 20.2. The SMILES string of the molecule is CC(C)(C)O[Si](C)(C)O[C@@H](CCc1ccccc1)C(N)N(N)CC1CCCCC1. The lowest BCUT2D eigenvalue weighted by Crippen LogP contribution is -2.58. The maximum Gasteiger partial charge on any atom is 0.332 e. The fourth-order valence-corrected chi connectivity index (χ4v) is 6.89. The van der Waals surface area contributed by atoms with Crippen LogP contribution in [0.4, 0.5) is 0 Å². The van der Waals surface area contributed by atoms with Crippen LogP contribution in [-0.2, 0) is 15.3 Å². The first-order valence-corrected chi connectivity index (χ1v) is 14.1. The van der Waals surface area contributed by atoms with Crippen LogP contribution in [0.1, 0.15) is 64.9 Å². The smallest absolute Gasteiger partial charge is 0.332 e. The molecule has 0 aromatic heterocycles. The number of nitrogens with two attached hydrogens (primary N) is 2. The van der Waals surface area contributed by atoms with Crippen molar-refractivity contribution in [1.29, 1.82) is 0 Å². The molecular weight excluding hydrogens is 378 g/mol. The van der Waals surface area contributed by atoms with Gasteiger partial charge in [0.15, 0.2) is 0 Å². The molecule has 5 nitrogen and oxygen atoms in total. The highest BCUT2D eigenvalue weighted by Crippen LogP contribution is 2.26. The normalized spacial score (nSPS) is 18.8. The molecule has 0 spiro atoms. The number of nitrogens with zero attached hydrogens (tertiary/aromatic N) is 1. The molecule has 0 saturated heterocycles. The molecule has 6 heteroatoms. The predicted molar refractivity (Wildman–Crippen MR) is 123 cm³/mol. The lowest BCUT2D eigenvalue weighted by atomic mass is 9.89. The van der Waals surface area contributed by atoms with Gasteiger partial charge in [-0.05, 0) is 71.0 Å². The third-order valence-electron chi connectivity index (χ3n) is 5.51. The quantitative estimate of drug-likeness (QED) is 0.251. The van der Waals surface area contributed by atoms with Gasteiger partial charge in [0, 0.05) is 6.54 Å². The Balaban J connectivity index is 2.04. The van der Waals surface area contributed by atoms with Gasteiger partial charge in [0.25, 0.3) is 0 Å². The van der Waals surface area contributed by atoms with Gasteiger partial charge in [0.2, 0.25) is 0 Å². The number of hydrogen-bond acceptors (Lipinski definition) is 5. The van der Waals surface area contributed by atoms with Crippen LogP contribution in [0.15, 0.2) is 30.3 Å². The zero-order chi connectivity index (χ0) is 21.5. The fraction of sp³-hybridized carbons (Fsp3) is 0.739. The van der Waals surface area contributed by atoms with E-state index in [9.17, 15) is 0 Å². The van der Waals surface area contributed by atoms with Crippen molar-refractivity contribution in [2.24, 2.45) is 17.5 Å². The summed E-state index contributed by atoms with van der Waals surface area (Å²) < 4.78 is 12.9. The van der Waals surface area contributed by atoms with Gasteiger partial charge in [-0.3, -0.25) is 5.84 Å². The van der Waals surface area contributed by atoms with E-state index in [1.807, 2.05) is 11.1 Å². The molecule has 4 N–H and O–H groups in total. The van der Waals surface area contributed by atoms with Crippen LogP contribution in [0.25, 0.3) is 0 Å². The second-order valence-corrected chi connectivity index (χ2v) is 13.2. The van der Waals surface area contributed by atoms with Gasteiger partial charge in [-0.2, -0.15) is 0 Å². The zero-order valence-electron chi connectivity index (χ0n) is 19.2. The van der Waals surface area contributed by atoms with Crippen molar-refractivity contribution in [1.82, 2.24) is 5.01 Å². The summed E-state index contributed by atoms with van der Waals surface area (Å²) in [6.07, 6.45) is 7.71. The van der Waals surface area contributed by atoms with Gasteiger partial charge < -0.3 is 14.6 Å². The molecule has 1 unspecified atom stereocenters. The first kappa shape index (κ1) is 24.5. The van der Waals surface area contributed by atoms with Crippen molar-refractivity contribution in [2.75, 3.05) is 6.54 Å². The molecule has 29 heavy (non-hydrogen) atoms. The lowest BCUT2D eigenvalue weighted by molar-refractivity contribution is 0.00123. The van der Waals surface area contributed by atoms with E-state index in [-0.39, 0.29) is 17.9 Å². The molecule has 0 radical (unpaired) electrons. The van der Waals surface area contributed by atoms with Crippen LogP contribution in [-0.4, -0.2) is 38.0 Å². The highest BCUT2D eigenvalue weighted by molar-refractivity contribution is 6.64. The maximum atomic E-state index is 6.66. The second-order valence-electron chi connectivity index (χ2n) is 9.99. The molecule has 1 aliphatic rings. The Labute approximate surface area is 179 Å². The van der Waals surface area contributed by atoms with Crippen molar-refractivity contribution in [3.05, 3.63) is 35.9 Å². The largest absolute Gasteiger partial charge is 0.390 e. The first-order valence-electron chi connectivity index (χ1n) is 11.2. The van der Waals surface area contributed by atoms with E-state index in [2.05, 4.69) is 58.1 Å². The Kier molecular flexibility index (Phi) is 9.32. The van der Waals surface area contributed by atoms with Crippen LogP contribution < -0.4 is 11.6 Å². The van der Waals surface area contributed by atoms with E-state index in [0.29, 0.717) is 5.92 Å². The average Bonchev–Trinajstić information content (AvgIpc) is 2.64. The van der Waals surface area contributed by atoms with E-state index in [1.54, 1.807) is 0 Å². The molecule has 0 bridgehead atoms. The summed E-state index contributed by atoms with van der Waals surface area (Å²) >= 11 is 0. The van der Waals surface area contributed by atoms with E-state index < -0.39 is 8.56 Å². The van der Waals surface area contributed by atoms with Gasteiger partial charge in [-0.25, -0.2) is 5.01 Å². The Morgan fingerprint density at radius 3 is 2.31 bits per heavy atom. The summed E-state index contributed by atoms with van der Waals surface area (Å²) in [4.78, 5) is 0. The molecule has 1 aliphatic carbocycles. The Bertz CT molecular complexity index is 586. The fourth-order valence-electron chi connectivity index (χ4n) is 4.38. The monoisotopic (exact) mass is 421 g/mol. The molecule has 0 aliphatic heterocycles. The Hall–Kier alpha value is -0.763. The minimum absolute atomic E-state index is 0.159. The van der Waals surface area contributed by atoms with Crippen molar-refractivity contribution in [3.63, 3.8) is 0 Å². The van der Waals surface area contributed by atoms with Gasteiger partial charge in [0.1, 0.15) is 0 Å². The van der Waals surface area contributed by atoms with E-state index in [1.165, 1.54) is 37.7 Å². The summed E-state index contributed by atoms with van der Waals surface area (Å²) in [5.74, 6) is 7.11. The highest BCUT2D eigenvalue weighted by atomic mass is 28.4. The standard InChI is InChI=1S/C23H43N3O2Si/c1-23(2,3)28-29(4,5)27-21(17-16-19-12-8-6-9-13-19)22(24)26(25)18-20-14-10-7-11-15-20/h6,8-9,12-13,20-22H,7,10-11,14-18,24-25H2,1-5H3/t21-,22?/m0/s1. The Morgan fingerprint density at radius 2 is 1.72 bits per heavy atom. The van der Waals surface area contributed by atoms with Crippen LogP contribution >= 0.6 is 0 Å². The lowest BCUT2D eigenvalue weighted by Gasteiger charge is -2.39. The summed E-state index contributed by atoms with van der Waals surface area (Å²) in [5.41, 5.74) is 7.71. The van der Waals surface area contributed by atoms with Crippen LogP contribution in [0.2, 0.25) is 13.1 Å². The van der Waals surface area contributed by atoms with Gasteiger partial charge in [-0.1, -0.05) is 49.6 Å². The third-order valence-corrected chi connectivity index (χ3v) is 7.48. The van der Waals surface area contributed by atoms with Crippen molar-refractivity contribution >= 4 is 8.56 Å². The summed E-state index contributed by atoms with van der Waals surface area (Å²) in [6.45, 7) is 11.3. The average molecular weight is 422 g/mol. The molecule has 0 heterocycles. The minimum Gasteiger partial charge on any atom is -0.390 e. The van der Waals surface area contributed by atoms with E-state index >= 15 is 0 Å². The maximum absolute atomic E-state index is 6.66. The van der Waals surface area contributed by atoms with E-state index in [4.69, 9.17) is 20.4 Å². The number of benzene rings is 1. The van der Waals surface area contributed by atoms with Gasteiger partial charge >= 0.3 is 8.56 Å². The number of hydrazine groups is 1. The second kappa shape index (κ2) is 11.0. The Morgan fingerprint density at radius 1 is 1.10 bits per heavy atom. The van der Waals surface area contributed by atoms with Crippen molar-refractivity contribution < 1.29 is 8.85 Å². The van der Waals surface area contributed by atoms with Crippen LogP contribution in [0.5, 0.6) is 0 Å². The number of rotatable bonds is 10. The minimum atomic E-state index is -2.36. The first-order chi connectivity index (χ1) is 13.6. The van der Waals surface area contributed by atoms with Crippen LogP contribution in [0, 0.1) is 5.92 Å². The molecule has 2 rings (SSSR count). The van der Waals surface area contributed by atoms with Gasteiger partial charge in [0.05, 0.1) is 17.9 Å². The molecule has 2 atom stereocenters. The molecule has 0 amide bonds. The third kappa shape index (κ3) is 9.28. The molecule has 1 saturated carbocycles. The highest BCUT2D eigenvalue weighted by Gasteiger charge is 2.36. The van der Waals surface area contributed by atoms with Crippen molar-refractivity contribution in [3.8, 4) is 0 Å². The molecule has 1 aromatic rings. The topological polar surface area (TPSA) is 73.7 Å². The summed E-state index contributed by atoms with van der Waals surface area (Å²) in [7, 11) is -2.36. The predicted octanol–water partition coefficient (Wildman–Crippen LogP) is 4.56. The summed E-state index contributed by atoms with van der Waals surface area (Å²) in [5, 5.41) is 1.83. The molecule has 1 aromatic carbocycles. The number of aryl methyl sites for hydroxylation is 1. The van der Waals surface area contributed by atoms with Crippen LogP contribution in [0.3, 0.4) is 0 Å². The van der Waals surface area contributed by atoms with E-state index in [0.717, 1.165) is 19.4 Å². The number of hydrogen-bond donors (Lipinski definition) is 2. The molecular formula is C23H43N3O2Si. The summed E-state index contributed by atoms with van der Waals surface area (Å²) in [6, 6.07) is 10.5. The molecule has 166 valence electrons. The molecule has 1 fully saturated rings.